The zero-order valence-corrected chi connectivity index (χ0v) is 18.5. The Morgan fingerprint density at radius 1 is 1.27 bits per heavy atom. The van der Waals surface area contributed by atoms with E-state index in [0.717, 1.165) is 9.25 Å². The molecule has 0 amide bonds. The summed E-state index contributed by atoms with van der Waals surface area (Å²) < 4.78 is 41.6. The predicted molar refractivity (Wildman–Crippen MR) is 102 cm³/mol. The Bertz CT molecular complexity index is 1140. The van der Waals surface area contributed by atoms with Gasteiger partial charge in [-0.3, -0.25) is 9.36 Å². The van der Waals surface area contributed by atoms with Crippen LogP contribution < -0.4 is 5.69 Å². The van der Waals surface area contributed by atoms with Crippen molar-refractivity contribution in [1.82, 2.24) is 28.1 Å². The molecular formula is C16H15AlClF3N6O3. The summed E-state index contributed by atoms with van der Waals surface area (Å²) in [6, 6.07) is 5.97. The highest BCUT2D eigenvalue weighted by Gasteiger charge is 2.39. The van der Waals surface area contributed by atoms with Crippen LogP contribution in [-0.2, 0) is 13.1 Å². The molecule has 14 heteroatoms. The van der Waals surface area contributed by atoms with Gasteiger partial charge in [0.05, 0.1) is 6.54 Å². The van der Waals surface area contributed by atoms with Crippen LogP contribution in [0.2, 0.25) is 5.02 Å². The molecule has 30 heavy (non-hydrogen) atoms. The molecule has 2 heterocycles. The second-order valence-electron chi connectivity index (χ2n) is 6.47. The van der Waals surface area contributed by atoms with Crippen LogP contribution in [0.5, 0.6) is 0 Å². The number of aromatic nitrogens is 6. The fourth-order valence-corrected chi connectivity index (χ4v) is 3.51. The molecule has 158 valence electrons. The molecule has 3 aromatic rings. The molecule has 0 bridgehead atoms. The van der Waals surface area contributed by atoms with E-state index in [4.69, 9.17) is 11.6 Å². The van der Waals surface area contributed by atoms with Gasteiger partial charge in [-0.25, -0.2) is 14.5 Å². The van der Waals surface area contributed by atoms with Crippen molar-refractivity contribution in [2.75, 3.05) is 0 Å². The number of hydrogen-bond acceptors (Lipinski definition) is 6. The molecule has 0 fully saturated rings. The van der Waals surface area contributed by atoms with Crippen molar-refractivity contribution in [3.05, 3.63) is 51.4 Å². The molecule has 0 unspecified atom stereocenters. The minimum Gasteiger partial charge on any atom is -0.382 e. The lowest BCUT2D eigenvalue weighted by molar-refractivity contribution is -0.207. The molecular weight excluding hydrogens is 444 g/mol. The van der Waals surface area contributed by atoms with Crippen LogP contribution in [0, 0.1) is 0 Å². The third-order valence-corrected chi connectivity index (χ3v) is 5.05. The Hall–Kier alpha value is -2.46. The van der Waals surface area contributed by atoms with E-state index in [1.165, 1.54) is 34.9 Å². The maximum Gasteiger partial charge on any atom is 0.416 e. The highest BCUT2D eigenvalue weighted by Crippen LogP contribution is 2.24. The lowest BCUT2D eigenvalue weighted by Crippen LogP contribution is -2.37. The largest absolute Gasteiger partial charge is 0.416 e. The number of benzene rings is 1. The molecule has 0 spiro atoms. The molecule has 1 aromatic carbocycles. The van der Waals surface area contributed by atoms with Gasteiger partial charge >= 0.3 is 28.4 Å². The minimum atomic E-state index is -4.91. The summed E-state index contributed by atoms with van der Waals surface area (Å²) in [5.41, 5.74) is -0.562. The number of aliphatic hydroxyl groups excluding tert-OH is 1. The summed E-state index contributed by atoms with van der Waals surface area (Å²) in [6.45, 7) is 0.0197. The lowest BCUT2D eigenvalue weighted by atomic mass is 10.2. The number of hydrogen-bond donors (Lipinski definition) is 1. The van der Waals surface area contributed by atoms with E-state index in [1.54, 1.807) is 0 Å². The van der Waals surface area contributed by atoms with E-state index in [0.29, 0.717) is 27.1 Å². The molecule has 1 N–H and O–H groups in total. The Morgan fingerprint density at radius 3 is 2.43 bits per heavy atom. The number of aliphatic hydroxyl groups is 1. The van der Waals surface area contributed by atoms with Gasteiger partial charge in [0, 0.05) is 17.5 Å². The third-order valence-electron chi connectivity index (χ3n) is 4.17. The number of Topliss-reactive ketones (excluding diaryl/α,β-unsaturated/α-hetero) is 1. The first-order valence-corrected chi connectivity index (χ1v) is 9.84. The van der Waals surface area contributed by atoms with Crippen molar-refractivity contribution in [3.8, 4) is 11.4 Å². The van der Waals surface area contributed by atoms with Crippen LogP contribution >= 0.6 is 11.6 Å². The van der Waals surface area contributed by atoms with E-state index in [-0.39, 0.29) is 29.8 Å². The minimum absolute atomic E-state index is 0.0861. The predicted octanol–water partition coefficient (Wildman–Crippen LogP) is 0.527. The second-order valence-corrected chi connectivity index (χ2v) is 7.75. The average Bonchev–Trinajstić information content (AvgIpc) is 3.16. The van der Waals surface area contributed by atoms with Crippen molar-refractivity contribution >= 4 is 33.9 Å². The van der Waals surface area contributed by atoms with Gasteiger partial charge in [-0.1, -0.05) is 11.6 Å². The molecule has 3 rings (SSSR count). The SMILES string of the molecule is CC(=O)c1nc(Cn2nc(-c3ccc(Cl)cc3)n(C[C@H](O)C(F)(F)F)c2=O)n[n]1[AlH2]. The van der Waals surface area contributed by atoms with Crippen LogP contribution in [0.1, 0.15) is 23.4 Å². The van der Waals surface area contributed by atoms with Crippen LogP contribution in [0.15, 0.2) is 29.1 Å². The number of carbonyl (C=O) groups is 1. The van der Waals surface area contributed by atoms with Crippen molar-refractivity contribution in [2.45, 2.75) is 32.3 Å². The van der Waals surface area contributed by atoms with Gasteiger partial charge in [0.25, 0.3) is 0 Å². The van der Waals surface area contributed by atoms with Gasteiger partial charge in [0.1, 0.15) is 6.54 Å². The van der Waals surface area contributed by atoms with Crippen LogP contribution in [0.3, 0.4) is 0 Å². The maximum absolute atomic E-state index is 12.9. The highest BCUT2D eigenvalue weighted by atomic mass is 35.5. The van der Waals surface area contributed by atoms with Crippen LogP contribution in [0.25, 0.3) is 11.4 Å². The van der Waals surface area contributed by atoms with Gasteiger partial charge < -0.3 is 8.77 Å². The summed E-state index contributed by atoms with van der Waals surface area (Å²) in [6.07, 6.45) is -7.68. The Balaban J connectivity index is 2.05. The number of alkyl halides is 3. The zero-order chi connectivity index (χ0) is 22.2. The maximum atomic E-state index is 12.9. The number of ketones is 1. The van der Waals surface area contributed by atoms with Crippen molar-refractivity contribution in [3.63, 3.8) is 0 Å². The van der Waals surface area contributed by atoms with Crippen molar-refractivity contribution in [2.24, 2.45) is 0 Å². The quantitative estimate of drug-likeness (QED) is 0.426. The molecule has 0 aliphatic carbocycles. The molecule has 0 radical (unpaired) electrons. The summed E-state index contributed by atoms with van der Waals surface area (Å²) >= 11 is 6.22. The average molecular weight is 459 g/mol. The first kappa shape index (κ1) is 22.2. The zero-order valence-electron chi connectivity index (χ0n) is 15.8. The Morgan fingerprint density at radius 2 is 1.90 bits per heavy atom. The van der Waals surface area contributed by atoms with E-state index in [1.807, 2.05) is 0 Å². The highest BCUT2D eigenvalue weighted by molar-refractivity contribution is 6.30. The number of nitrogens with zero attached hydrogens (tertiary/aromatic N) is 6. The van der Waals surface area contributed by atoms with E-state index >= 15 is 0 Å². The van der Waals surface area contributed by atoms with Gasteiger partial charge in [-0.2, -0.15) is 18.3 Å². The summed E-state index contributed by atoms with van der Waals surface area (Å²) in [4.78, 5) is 28.4. The molecule has 0 aliphatic rings. The monoisotopic (exact) mass is 458 g/mol. The molecule has 9 nitrogen and oxygen atoms in total. The first-order chi connectivity index (χ1) is 14.0. The lowest BCUT2D eigenvalue weighted by Gasteiger charge is -2.15. The van der Waals surface area contributed by atoms with Crippen LogP contribution in [0.4, 0.5) is 13.2 Å². The number of rotatable bonds is 6. The van der Waals surface area contributed by atoms with Gasteiger partial charge in [0.15, 0.2) is 29.4 Å². The van der Waals surface area contributed by atoms with E-state index < -0.39 is 24.5 Å². The first-order valence-electron chi connectivity index (χ1n) is 8.56. The molecule has 0 saturated carbocycles. The third kappa shape index (κ3) is 4.65. The Labute approximate surface area is 180 Å². The second kappa shape index (κ2) is 8.35. The fourth-order valence-electron chi connectivity index (χ4n) is 2.74. The molecule has 1 atom stereocenters. The molecule has 0 aliphatic heterocycles. The fraction of sp³-hybridized carbons (Fsp3) is 0.312. The van der Waals surface area contributed by atoms with E-state index in [9.17, 15) is 27.9 Å². The number of carbonyl (C=O) groups excluding carboxylic acids is 1. The molecule has 0 saturated heterocycles. The van der Waals surface area contributed by atoms with Crippen molar-refractivity contribution < 1.29 is 23.1 Å². The Kier molecular flexibility index (Phi) is 6.19. The van der Waals surface area contributed by atoms with Crippen LogP contribution in [-0.4, -0.2) is 67.8 Å². The van der Waals surface area contributed by atoms with E-state index in [2.05, 4.69) is 15.2 Å². The summed E-state index contributed by atoms with van der Waals surface area (Å²) in [5.74, 6) is -0.163. The van der Waals surface area contributed by atoms with Crippen molar-refractivity contribution in [1.29, 1.82) is 0 Å². The molecule has 2 aromatic heterocycles. The standard InChI is InChI=1S/C16H14ClF3N6O3.Al.2H/c1-8(27)13-21-12(22-23-13)7-26-15(29)25(6-11(28)16(18,19)20)14(24-26)9-2-4-10(17)5-3-9;;;/h2-5,11,28H,6-7H2,1H3,(H,21,22,23,27);;;/q;+1;;/p-1/t11-;;;/m0.../s1. The van der Waals surface area contributed by atoms with Gasteiger partial charge in [-0.05, 0) is 24.3 Å². The normalized spacial score (nSPS) is 12.9. The summed E-state index contributed by atoms with van der Waals surface area (Å²) in [7, 11) is 0. The van der Waals surface area contributed by atoms with Gasteiger partial charge in [0.2, 0.25) is 0 Å². The number of halogens is 4. The van der Waals surface area contributed by atoms with Gasteiger partial charge in [-0.15, -0.1) is 5.10 Å². The smallest absolute Gasteiger partial charge is 0.382 e. The topological polar surface area (TPSA) is 108 Å². The summed E-state index contributed by atoms with van der Waals surface area (Å²) in [5, 5.41) is 18.1.